The molecule has 4 nitrogen and oxygen atoms in total. The summed E-state index contributed by atoms with van der Waals surface area (Å²) in [7, 11) is 0. The molecule has 0 heterocycles. The van der Waals surface area contributed by atoms with Gasteiger partial charge >= 0.3 is 11.9 Å². The van der Waals surface area contributed by atoms with Crippen molar-refractivity contribution in [1.29, 1.82) is 0 Å². The number of ether oxygens (including phenoxy) is 2. The Balaban J connectivity index is 2.24. The number of benzene rings is 1. The van der Waals surface area contributed by atoms with E-state index in [1.807, 2.05) is 0 Å². The van der Waals surface area contributed by atoms with Crippen LogP contribution in [0, 0.1) is 0 Å². The monoisotopic (exact) mass is 348 g/mol. The van der Waals surface area contributed by atoms with Crippen LogP contribution in [0.3, 0.4) is 0 Å². The van der Waals surface area contributed by atoms with Gasteiger partial charge in [0.25, 0.3) is 0 Å². The number of hydrogen-bond donors (Lipinski definition) is 0. The van der Waals surface area contributed by atoms with Crippen molar-refractivity contribution in [2.24, 2.45) is 0 Å². The number of hydrogen-bond acceptors (Lipinski definition) is 4. The second-order valence-corrected chi connectivity index (χ2v) is 6.23. The fraction of sp³-hybridized carbons (Fsp3) is 0.619. The van der Waals surface area contributed by atoms with Gasteiger partial charge < -0.3 is 9.47 Å². The van der Waals surface area contributed by atoms with E-state index in [4.69, 9.17) is 9.47 Å². The van der Waals surface area contributed by atoms with Crippen LogP contribution in [0.2, 0.25) is 0 Å². The van der Waals surface area contributed by atoms with Crippen LogP contribution in [-0.4, -0.2) is 25.2 Å². The van der Waals surface area contributed by atoms with E-state index in [0.29, 0.717) is 6.61 Å². The zero-order valence-electron chi connectivity index (χ0n) is 15.7. The van der Waals surface area contributed by atoms with Crippen molar-refractivity contribution >= 4 is 11.9 Å². The Kier molecular flexibility index (Phi) is 11.4. The summed E-state index contributed by atoms with van der Waals surface area (Å²) in [6, 6.07) is 6.62. The summed E-state index contributed by atoms with van der Waals surface area (Å²) in [6.07, 6.45) is 11.0. The minimum Gasteiger partial charge on any atom is -0.462 e. The lowest BCUT2D eigenvalue weighted by molar-refractivity contribution is 0.0462. The van der Waals surface area contributed by atoms with Gasteiger partial charge in [0, 0.05) is 0 Å². The zero-order valence-corrected chi connectivity index (χ0v) is 15.7. The minimum atomic E-state index is -0.488. The van der Waals surface area contributed by atoms with Gasteiger partial charge in [0.15, 0.2) is 0 Å². The molecule has 0 amide bonds. The first-order valence-corrected chi connectivity index (χ1v) is 9.64. The van der Waals surface area contributed by atoms with Crippen molar-refractivity contribution in [2.45, 2.75) is 71.6 Å². The number of carbonyl (C=O) groups excluding carboxylic acids is 2. The molecule has 1 aromatic rings. The molecule has 0 saturated carbocycles. The van der Waals surface area contributed by atoms with E-state index in [1.54, 1.807) is 31.2 Å². The summed E-state index contributed by atoms with van der Waals surface area (Å²) in [5.41, 5.74) is 0.540. The first kappa shape index (κ1) is 21.2. The van der Waals surface area contributed by atoms with Crippen LogP contribution >= 0.6 is 0 Å². The molecule has 0 saturated heterocycles. The van der Waals surface area contributed by atoms with Crippen LogP contribution in [0.25, 0.3) is 0 Å². The van der Waals surface area contributed by atoms with Crippen molar-refractivity contribution in [2.75, 3.05) is 13.2 Å². The number of rotatable bonds is 13. The molecule has 0 aromatic heterocycles. The Hall–Kier alpha value is -1.84. The van der Waals surface area contributed by atoms with Crippen molar-refractivity contribution in [1.82, 2.24) is 0 Å². The Bertz CT molecular complexity index is 510. The Morgan fingerprint density at radius 2 is 1.20 bits per heavy atom. The lowest BCUT2D eigenvalue weighted by Gasteiger charge is -2.09. The summed E-state index contributed by atoms with van der Waals surface area (Å²) < 4.78 is 10.3. The maximum absolute atomic E-state index is 12.2. The first-order chi connectivity index (χ1) is 12.2. The van der Waals surface area contributed by atoms with Gasteiger partial charge in [0.05, 0.1) is 24.3 Å². The van der Waals surface area contributed by atoms with Gasteiger partial charge in [-0.25, -0.2) is 9.59 Å². The first-order valence-electron chi connectivity index (χ1n) is 9.64. The maximum atomic E-state index is 12.2. The zero-order chi connectivity index (χ0) is 18.3. The lowest BCUT2D eigenvalue weighted by atomic mass is 10.1. The van der Waals surface area contributed by atoms with Gasteiger partial charge in [-0.2, -0.15) is 0 Å². The van der Waals surface area contributed by atoms with Crippen LogP contribution in [-0.2, 0) is 9.47 Å². The molecule has 0 unspecified atom stereocenters. The predicted octanol–water partition coefficient (Wildman–Crippen LogP) is 5.55. The van der Waals surface area contributed by atoms with Gasteiger partial charge in [-0.1, -0.05) is 70.4 Å². The van der Waals surface area contributed by atoms with E-state index in [9.17, 15) is 9.59 Å². The van der Waals surface area contributed by atoms with E-state index in [-0.39, 0.29) is 17.7 Å². The SMILES string of the molecule is CCCCCCCCCCCOC(=O)c1ccccc1C(=O)OCC. The van der Waals surface area contributed by atoms with Crippen LogP contribution in [0.4, 0.5) is 0 Å². The van der Waals surface area contributed by atoms with Gasteiger partial charge in [-0.3, -0.25) is 0 Å². The summed E-state index contributed by atoms with van der Waals surface area (Å²) in [5.74, 6) is -0.943. The topological polar surface area (TPSA) is 52.6 Å². The van der Waals surface area contributed by atoms with Gasteiger partial charge in [0.1, 0.15) is 0 Å². The average Bonchev–Trinajstić information content (AvgIpc) is 2.63. The third kappa shape index (κ3) is 8.71. The lowest BCUT2D eigenvalue weighted by Crippen LogP contribution is -2.14. The quantitative estimate of drug-likeness (QED) is 0.346. The second-order valence-electron chi connectivity index (χ2n) is 6.23. The van der Waals surface area contributed by atoms with E-state index in [1.165, 1.54) is 44.9 Å². The molecule has 1 aromatic carbocycles. The fourth-order valence-electron chi connectivity index (χ4n) is 2.70. The van der Waals surface area contributed by atoms with Crippen molar-refractivity contribution in [3.05, 3.63) is 35.4 Å². The van der Waals surface area contributed by atoms with Crippen molar-refractivity contribution in [3.63, 3.8) is 0 Å². The molecule has 4 heteroatoms. The summed E-state index contributed by atoms with van der Waals surface area (Å²) in [5, 5.41) is 0. The molecule has 140 valence electrons. The van der Waals surface area contributed by atoms with E-state index < -0.39 is 11.9 Å². The number of unbranched alkanes of at least 4 members (excludes halogenated alkanes) is 8. The highest BCUT2D eigenvalue weighted by molar-refractivity contribution is 6.03. The molecule has 1 rings (SSSR count). The molecule has 0 atom stereocenters. The number of carbonyl (C=O) groups is 2. The Morgan fingerprint density at radius 1 is 0.720 bits per heavy atom. The highest BCUT2D eigenvalue weighted by atomic mass is 16.5. The molecule has 0 aliphatic rings. The second kappa shape index (κ2) is 13.5. The summed E-state index contributed by atoms with van der Waals surface area (Å²) in [4.78, 5) is 24.1. The van der Waals surface area contributed by atoms with Crippen LogP contribution in [0.1, 0.15) is 92.4 Å². The highest BCUT2D eigenvalue weighted by Crippen LogP contribution is 2.13. The molecule has 0 bridgehead atoms. The molecule has 0 aliphatic carbocycles. The van der Waals surface area contributed by atoms with Crippen molar-refractivity contribution < 1.29 is 19.1 Å². The van der Waals surface area contributed by atoms with Crippen molar-refractivity contribution in [3.8, 4) is 0 Å². The molecule has 0 N–H and O–H groups in total. The summed E-state index contributed by atoms with van der Waals surface area (Å²) >= 11 is 0. The third-order valence-corrected chi connectivity index (χ3v) is 4.12. The standard InChI is InChI=1S/C21H32O4/c1-3-5-6-7-8-9-10-11-14-17-25-21(23)19-16-13-12-15-18(19)20(22)24-4-2/h12-13,15-16H,3-11,14,17H2,1-2H3. The van der Waals surface area contributed by atoms with E-state index >= 15 is 0 Å². The van der Waals surface area contributed by atoms with Crippen LogP contribution < -0.4 is 0 Å². The van der Waals surface area contributed by atoms with Crippen LogP contribution in [0.15, 0.2) is 24.3 Å². The molecule has 0 spiro atoms. The third-order valence-electron chi connectivity index (χ3n) is 4.12. The Labute approximate surface area is 151 Å². The average molecular weight is 348 g/mol. The molecule has 0 aliphatic heterocycles. The normalized spacial score (nSPS) is 10.5. The molecule has 25 heavy (non-hydrogen) atoms. The molecular weight excluding hydrogens is 316 g/mol. The molecule has 0 radical (unpaired) electrons. The van der Waals surface area contributed by atoms with Gasteiger partial charge in [-0.15, -0.1) is 0 Å². The predicted molar refractivity (Wildman–Crippen MR) is 99.9 cm³/mol. The summed E-state index contributed by atoms with van der Waals surface area (Å²) in [6.45, 7) is 4.64. The number of esters is 2. The van der Waals surface area contributed by atoms with Crippen LogP contribution in [0.5, 0.6) is 0 Å². The maximum Gasteiger partial charge on any atom is 0.339 e. The molecular formula is C21H32O4. The highest BCUT2D eigenvalue weighted by Gasteiger charge is 2.18. The van der Waals surface area contributed by atoms with E-state index in [2.05, 4.69) is 6.92 Å². The van der Waals surface area contributed by atoms with Gasteiger partial charge in [0.2, 0.25) is 0 Å². The fourth-order valence-corrected chi connectivity index (χ4v) is 2.70. The Morgan fingerprint density at radius 3 is 1.72 bits per heavy atom. The smallest absolute Gasteiger partial charge is 0.339 e. The molecule has 0 fully saturated rings. The van der Waals surface area contributed by atoms with Gasteiger partial charge in [-0.05, 0) is 25.5 Å². The van der Waals surface area contributed by atoms with E-state index in [0.717, 1.165) is 12.8 Å². The largest absolute Gasteiger partial charge is 0.462 e. The minimum absolute atomic E-state index is 0.265.